The maximum atomic E-state index is 12.9. The van der Waals surface area contributed by atoms with Crippen LogP contribution in [-0.2, 0) is 0 Å². The van der Waals surface area contributed by atoms with Crippen LogP contribution in [0.15, 0.2) is 59.3 Å². The molecule has 31 heavy (non-hydrogen) atoms. The molecule has 0 spiro atoms. The fraction of sp³-hybridized carbons (Fsp3) is 0.227. The first-order valence-corrected chi connectivity index (χ1v) is 10.3. The molecule has 2 amide bonds. The van der Waals surface area contributed by atoms with Crippen molar-refractivity contribution >= 4 is 34.5 Å². The Hall–Kier alpha value is -3.52. The third-order valence-corrected chi connectivity index (χ3v) is 5.70. The zero-order chi connectivity index (χ0) is 21.4. The van der Waals surface area contributed by atoms with Crippen LogP contribution in [0.1, 0.15) is 12.5 Å². The molecule has 1 fully saturated rings. The second-order valence-corrected chi connectivity index (χ2v) is 7.70. The number of methoxy groups -OCH3 is 1. The Morgan fingerprint density at radius 2 is 2.19 bits per heavy atom. The molecule has 5 rings (SSSR count). The summed E-state index contributed by atoms with van der Waals surface area (Å²) in [6, 6.07) is 12.5. The van der Waals surface area contributed by atoms with Crippen LogP contribution in [0.5, 0.6) is 5.75 Å². The van der Waals surface area contributed by atoms with Crippen LogP contribution in [0.25, 0.3) is 22.7 Å². The smallest absolute Gasteiger partial charge is 0.321 e. The molecule has 0 unspecified atom stereocenters. The van der Waals surface area contributed by atoms with Gasteiger partial charge in [-0.15, -0.1) is 0 Å². The third-order valence-electron chi connectivity index (χ3n) is 5.41. The monoisotopic (exact) mass is 437 g/mol. The highest BCUT2D eigenvalue weighted by molar-refractivity contribution is 6.32. The van der Waals surface area contributed by atoms with Gasteiger partial charge in [-0.1, -0.05) is 11.6 Å². The molecule has 158 valence electrons. The highest BCUT2D eigenvalue weighted by Crippen LogP contribution is 2.33. The Kier molecular flexibility index (Phi) is 4.99. The van der Waals surface area contributed by atoms with Gasteiger partial charge in [-0.05, 0) is 48.9 Å². The maximum absolute atomic E-state index is 12.9. The van der Waals surface area contributed by atoms with Crippen LogP contribution >= 0.6 is 11.6 Å². The minimum atomic E-state index is -0.180. The largest absolute Gasteiger partial charge is 0.495 e. The molecular formula is C22H20ClN5O3. The summed E-state index contributed by atoms with van der Waals surface area (Å²) in [4.78, 5) is 23.9. The highest BCUT2D eigenvalue weighted by atomic mass is 35.5. The number of fused-ring (bicyclic) bond motifs is 1. The fourth-order valence-corrected chi connectivity index (χ4v) is 4.20. The molecule has 0 saturated carbocycles. The lowest BCUT2D eigenvalue weighted by atomic mass is 10.2. The summed E-state index contributed by atoms with van der Waals surface area (Å²) in [5, 5.41) is 3.35. The van der Waals surface area contributed by atoms with Crippen molar-refractivity contribution in [3.63, 3.8) is 0 Å². The number of furan rings is 1. The Bertz CT molecular complexity index is 1240. The van der Waals surface area contributed by atoms with Crippen LogP contribution in [0, 0.1) is 0 Å². The van der Waals surface area contributed by atoms with Crippen molar-refractivity contribution in [1.29, 1.82) is 0 Å². The van der Waals surface area contributed by atoms with E-state index in [2.05, 4.69) is 14.9 Å². The molecule has 1 aliphatic rings. The second-order valence-electron chi connectivity index (χ2n) is 7.30. The van der Waals surface area contributed by atoms with E-state index in [1.165, 1.54) is 0 Å². The number of carbonyl (C=O) groups excluding carboxylic acids is 1. The summed E-state index contributed by atoms with van der Waals surface area (Å²) in [6.07, 6.45) is 4.16. The number of anilines is 1. The van der Waals surface area contributed by atoms with Crippen LogP contribution in [-0.4, -0.2) is 45.7 Å². The predicted molar refractivity (Wildman–Crippen MR) is 117 cm³/mol. The van der Waals surface area contributed by atoms with E-state index in [9.17, 15) is 4.79 Å². The van der Waals surface area contributed by atoms with Crippen molar-refractivity contribution in [1.82, 2.24) is 19.4 Å². The molecule has 0 bridgehead atoms. The minimum Gasteiger partial charge on any atom is -0.495 e. The molecule has 0 radical (unpaired) electrons. The first-order chi connectivity index (χ1) is 15.1. The number of carbonyl (C=O) groups is 1. The first kappa shape index (κ1) is 19.4. The van der Waals surface area contributed by atoms with E-state index in [-0.39, 0.29) is 12.1 Å². The molecule has 1 aromatic carbocycles. The van der Waals surface area contributed by atoms with Crippen molar-refractivity contribution in [2.24, 2.45) is 0 Å². The molecular weight excluding hydrogens is 418 g/mol. The number of amides is 2. The Labute approximate surface area is 183 Å². The summed E-state index contributed by atoms with van der Waals surface area (Å²) in [7, 11) is 1.55. The van der Waals surface area contributed by atoms with E-state index in [1.54, 1.807) is 42.7 Å². The molecule has 1 aliphatic heterocycles. The average Bonchev–Trinajstić information content (AvgIpc) is 3.52. The SMILES string of the molecule is COc1ccc(NC(=O)N2CC[C@H](n3c(-c4ccco4)nc4cccnc43)C2)cc1Cl. The number of imidazole rings is 1. The van der Waals surface area contributed by atoms with Gasteiger partial charge in [0.1, 0.15) is 11.3 Å². The van der Waals surface area contributed by atoms with Crippen molar-refractivity contribution in [3.8, 4) is 17.3 Å². The van der Waals surface area contributed by atoms with E-state index in [1.807, 2.05) is 24.3 Å². The molecule has 9 heteroatoms. The zero-order valence-corrected chi connectivity index (χ0v) is 17.5. The Balaban J connectivity index is 1.38. The number of benzene rings is 1. The second kappa shape index (κ2) is 7.96. The van der Waals surface area contributed by atoms with Crippen LogP contribution in [0.3, 0.4) is 0 Å². The van der Waals surface area contributed by atoms with Crippen molar-refractivity contribution in [2.45, 2.75) is 12.5 Å². The van der Waals surface area contributed by atoms with Gasteiger partial charge in [0.2, 0.25) is 0 Å². The quantitative estimate of drug-likeness (QED) is 0.494. The lowest BCUT2D eigenvalue weighted by molar-refractivity contribution is 0.221. The van der Waals surface area contributed by atoms with Crippen LogP contribution < -0.4 is 10.1 Å². The fourth-order valence-electron chi connectivity index (χ4n) is 3.94. The molecule has 4 heterocycles. The summed E-state index contributed by atoms with van der Waals surface area (Å²) >= 11 is 6.17. The van der Waals surface area contributed by atoms with Gasteiger partial charge in [0.15, 0.2) is 17.2 Å². The van der Waals surface area contributed by atoms with Gasteiger partial charge in [0.05, 0.1) is 24.4 Å². The van der Waals surface area contributed by atoms with Gasteiger partial charge >= 0.3 is 6.03 Å². The normalized spacial score (nSPS) is 16.1. The number of nitrogens with zero attached hydrogens (tertiary/aromatic N) is 4. The number of urea groups is 1. The topological polar surface area (TPSA) is 85.4 Å². The minimum absolute atomic E-state index is 0.0326. The van der Waals surface area contributed by atoms with E-state index < -0.39 is 0 Å². The Morgan fingerprint density at radius 1 is 1.29 bits per heavy atom. The van der Waals surface area contributed by atoms with Gasteiger partial charge in [-0.3, -0.25) is 0 Å². The number of rotatable bonds is 4. The number of pyridine rings is 1. The zero-order valence-electron chi connectivity index (χ0n) is 16.8. The average molecular weight is 438 g/mol. The number of hydrogen-bond acceptors (Lipinski definition) is 5. The van der Waals surface area contributed by atoms with Gasteiger partial charge in [0.25, 0.3) is 0 Å². The summed E-state index contributed by atoms with van der Waals surface area (Å²) in [5.74, 6) is 1.95. The van der Waals surface area contributed by atoms with Gasteiger partial charge in [0, 0.05) is 25.0 Å². The molecule has 8 nitrogen and oxygen atoms in total. The van der Waals surface area contributed by atoms with Gasteiger partial charge < -0.3 is 23.9 Å². The van der Waals surface area contributed by atoms with E-state index >= 15 is 0 Å². The standard InChI is InChI=1S/C22H20ClN5O3/c1-30-18-7-6-14(12-16(18)23)25-22(29)27-10-8-15(13-27)28-20-17(4-2-9-24-20)26-21(28)19-5-3-11-31-19/h2-7,9,11-12,15H,8,10,13H2,1H3,(H,25,29)/t15-/m0/s1. The van der Waals surface area contributed by atoms with Gasteiger partial charge in [-0.25, -0.2) is 14.8 Å². The number of hydrogen-bond donors (Lipinski definition) is 1. The van der Waals surface area contributed by atoms with Crippen LogP contribution in [0.2, 0.25) is 5.02 Å². The van der Waals surface area contributed by atoms with Crippen molar-refractivity contribution in [2.75, 3.05) is 25.5 Å². The number of likely N-dealkylation sites (tertiary alicyclic amines) is 1. The highest BCUT2D eigenvalue weighted by Gasteiger charge is 2.31. The van der Waals surface area contributed by atoms with Crippen molar-refractivity contribution in [3.05, 3.63) is 59.9 Å². The van der Waals surface area contributed by atoms with Crippen molar-refractivity contribution < 1.29 is 13.9 Å². The number of ether oxygens (including phenoxy) is 1. The molecule has 1 N–H and O–H groups in total. The number of aromatic nitrogens is 3. The summed E-state index contributed by atoms with van der Waals surface area (Å²) < 4.78 is 12.8. The van der Waals surface area contributed by atoms with Crippen LogP contribution in [0.4, 0.5) is 10.5 Å². The lowest BCUT2D eigenvalue weighted by Crippen LogP contribution is -2.33. The van der Waals surface area contributed by atoms with E-state index in [0.29, 0.717) is 41.1 Å². The number of halogens is 1. The van der Waals surface area contributed by atoms with Gasteiger partial charge in [-0.2, -0.15) is 0 Å². The Morgan fingerprint density at radius 3 is 2.97 bits per heavy atom. The number of nitrogens with one attached hydrogen (secondary N) is 1. The third kappa shape index (κ3) is 3.59. The van der Waals surface area contributed by atoms with E-state index in [4.69, 9.17) is 25.7 Å². The molecule has 1 saturated heterocycles. The van der Waals surface area contributed by atoms with E-state index in [0.717, 1.165) is 17.6 Å². The molecule has 0 aliphatic carbocycles. The lowest BCUT2D eigenvalue weighted by Gasteiger charge is -2.19. The summed E-state index contributed by atoms with van der Waals surface area (Å²) in [6.45, 7) is 1.15. The predicted octanol–water partition coefficient (Wildman–Crippen LogP) is 4.83. The molecule has 1 atom stereocenters. The molecule has 4 aromatic rings. The summed E-state index contributed by atoms with van der Waals surface area (Å²) in [5.41, 5.74) is 2.19. The molecule has 3 aromatic heterocycles. The maximum Gasteiger partial charge on any atom is 0.321 e. The first-order valence-electron chi connectivity index (χ1n) is 9.90.